The number of likely N-dealkylation sites (N-methyl/N-ethyl adjacent to an activating group) is 1. The molecule has 1 aliphatic heterocycles. The van der Waals surface area contributed by atoms with Gasteiger partial charge in [-0.15, -0.1) is 0 Å². The molecule has 0 aromatic carbocycles. The van der Waals surface area contributed by atoms with E-state index in [9.17, 15) is 15.3 Å². The van der Waals surface area contributed by atoms with Crippen LogP contribution in [0.25, 0.3) is 0 Å². The van der Waals surface area contributed by atoms with Gasteiger partial charge in [0, 0.05) is 12.6 Å². The Hall–Kier alpha value is -0.160. The van der Waals surface area contributed by atoms with Gasteiger partial charge in [0.05, 0.1) is 12.2 Å². The lowest BCUT2D eigenvalue weighted by Crippen LogP contribution is -2.58. The van der Waals surface area contributed by atoms with Crippen molar-refractivity contribution in [1.82, 2.24) is 4.90 Å². The van der Waals surface area contributed by atoms with E-state index in [0.29, 0.717) is 6.54 Å². The third kappa shape index (κ3) is 1.54. The molecule has 11 heavy (non-hydrogen) atoms. The van der Waals surface area contributed by atoms with Gasteiger partial charge in [-0.05, 0) is 14.0 Å². The van der Waals surface area contributed by atoms with Crippen molar-refractivity contribution in [3.05, 3.63) is 0 Å². The number of aliphatic hydroxyl groups excluding tert-OH is 3. The molecule has 0 aromatic heterocycles. The number of nitrogens with zero attached hydrogens (tertiary/aromatic N) is 1. The molecule has 0 aliphatic carbocycles. The van der Waals surface area contributed by atoms with E-state index >= 15 is 0 Å². The van der Waals surface area contributed by atoms with E-state index in [4.69, 9.17) is 0 Å². The summed E-state index contributed by atoms with van der Waals surface area (Å²) in [6, 6.07) is -0.0894. The van der Waals surface area contributed by atoms with Gasteiger partial charge in [-0.25, -0.2) is 0 Å². The molecule has 0 saturated carbocycles. The molecule has 1 aliphatic rings. The second-order valence-corrected chi connectivity index (χ2v) is 3.23. The summed E-state index contributed by atoms with van der Waals surface area (Å²) in [5.41, 5.74) is 0. The maximum absolute atomic E-state index is 9.34. The molecule has 1 heterocycles. The number of hydrogen-bond donors (Lipinski definition) is 3. The monoisotopic (exact) mass is 161 g/mol. The summed E-state index contributed by atoms with van der Waals surface area (Å²) >= 11 is 0. The van der Waals surface area contributed by atoms with Crippen LogP contribution in [0.1, 0.15) is 6.92 Å². The Balaban J connectivity index is 2.63. The van der Waals surface area contributed by atoms with Gasteiger partial charge in [0.15, 0.2) is 0 Å². The van der Waals surface area contributed by atoms with Crippen LogP contribution < -0.4 is 0 Å². The van der Waals surface area contributed by atoms with Crippen molar-refractivity contribution in [3.8, 4) is 0 Å². The molecule has 0 amide bonds. The van der Waals surface area contributed by atoms with Crippen LogP contribution in [0.3, 0.4) is 0 Å². The fourth-order valence-corrected chi connectivity index (χ4v) is 1.34. The number of aliphatic hydroxyl groups is 3. The van der Waals surface area contributed by atoms with Crippen LogP contribution in [0.2, 0.25) is 0 Å². The molecule has 4 atom stereocenters. The van der Waals surface area contributed by atoms with Crippen molar-refractivity contribution in [2.45, 2.75) is 31.3 Å². The number of hydrogen-bond acceptors (Lipinski definition) is 4. The summed E-state index contributed by atoms with van der Waals surface area (Å²) in [7, 11) is 1.81. The van der Waals surface area contributed by atoms with Gasteiger partial charge in [0.1, 0.15) is 6.10 Å². The average molecular weight is 161 g/mol. The molecule has 0 aromatic rings. The zero-order valence-electron chi connectivity index (χ0n) is 6.81. The van der Waals surface area contributed by atoms with Crippen LogP contribution >= 0.6 is 0 Å². The van der Waals surface area contributed by atoms with Gasteiger partial charge >= 0.3 is 0 Å². The second kappa shape index (κ2) is 3.06. The number of rotatable bonds is 0. The van der Waals surface area contributed by atoms with Gasteiger partial charge in [-0.2, -0.15) is 0 Å². The van der Waals surface area contributed by atoms with Crippen molar-refractivity contribution in [1.29, 1.82) is 0 Å². The summed E-state index contributed by atoms with van der Waals surface area (Å²) in [4.78, 5) is 1.82. The molecule has 4 heteroatoms. The second-order valence-electron chi connectivity index (χ2n) is 3.23. The number of likely N-dealkylation sites (tertiary alicyclic amines) is 1. The lowest BCUT2D eigenvalue weighted by molar-refractivity contribution is -0.127. The Morgan fingerprint density at radius 3 is 2.27 bits per heavy atom. The van der Waals surface area contributed by atoms with Gasteiger partial charge in [0.2, 0.25) is 0 Å². The first kappa shape index (κ1) is 8.93. The highest BCUT2D eigenvalue weighted by molar-refractivity contribution is 4.90. The molecule has 1 rings (SSSR count). The quantitative estimate of drug-likeness (QED) is 0.400. The fourth-order valence-electron chi connectivity index (χ4n) is 1.34. The van der Waals surface area contributed by atoms with Crippen molar-refractivity contribution < 1.29 is 15.3 Å². The minimum atomic E-state index is -0.999. The summed E-state index contributed by atoms with van der Waals surface area (Å²) in [5.74, 6) is 0. The fraction of sp³-hybridized carbons (Fsp3) is 1.00. The summed E-state index contributed by atoms with van der Waals surface area (Å²) < 4.78 is 0. The summed E-state index contributed by atoms with van der Waals surface area (Å²) in [6.45, 7) is 2.24. The Labute approximate surface area is 66.1 Å². The Kier molecular flexibility index (Phi) is 2.49. The number of β-amino-alcohol motifs (C(OH)–C–C–N with tert-alkyl or cyclic N) is 1. The van der Waals surface area contributed by atoms with Crippen LogP contribution in [0.15, 0.2) is 0 Å². The van der Waals surface area contributed by atoms with Crippen molar-refractivity contribution >= 4 is 0 Å². The predicted octanol–water partition coefficient (Wildman–Crippen LogP) is -1.60. The molecule has 0 radical (unpaired) electrons. The van der Waals surface area contributed by atoms with Crippen LogP contribution in [0, 0.1) is 0 Å². The van der Waals surface area contributed by atoms with E-state index in [-0.39, 0.29) is 6.04 Å². The molecular weight excluding hydrogens is 146 g/mol. The predicted molar refractivity (Wildman–Crippen MR) is 40.1 cm³/mol. The number of piperidine rings is 1. The van der Waals surface area contributed by atoms with E-state index in [1.54, 1.807) is 0 Å². The molecule has 3 unspecified atom stereocenters. The standard InChI is InChI=1S/C7H15NO3/c1-4-6(10)7(11)5(9)3-8(4)2/h4-7,9-11H,3H2,1-2H3/t4?,5?,6?,7-/m1/s1. The van der Waals surface area contributed by atoms with Crippen molar-refractivity contribution in [3.63, 3.8) is 0 Å². The van der Waals surface area contributed by atoms with Gasteiger partial charge in [-0.3, -0.25) is 4.90 Å². The van der Waals surface area contributed by atoms with E-state index < -0.39 is 18.3 Å². The highest BCUT2D eigenvalue weighted by Gasteiger charge is 2.36. The molecule has 1 fully saturated rings. The average Bonchev–Trinajstić information content (AvgIpc) is 1.97. The molecule has 4 nitrogen and oxygen atoms in total. The van der Waals surface area contributed by atoms with Crippen LogP contribution in [-0.4, -0.2) is 58.2 Å². The van der Waals surface area contributed by atoms with E-state index in [1.807, 2.05) is 18.9 Å². The SMILES string of the molecule is CC1C(O)[C@H](O)C(O)CN1C. The first-order valence-electron chi connectivity index (χ1n) is 3.78. The normalized spacial score (nSPS) is 47.7. The van der Waals surface area contributed by atoms with Crippen LogP contribution in [0.4, 0.5) is 0 Å². The summed E-state index contributed by atoms with van der Waals surface area (Å²) in [5, 5.41) is 27.7. The Morgan fingerprint density at radius 2 is 1.73 bits per heavy atom. The molecule has 1 saturated heterocycles. The van der Waals surface area contributed by atoms with Crippen LogP contribution in [-0.2, 0) is 0 Å². The van der Waals surface area contributed by atoms with Crippen LogP contribution in [0.5, 0.6) is 0 Å². The molecule has 3 N–H and O–H groups in total. The third-order valence-electron chi connectivity index (χ3n) is 2.41. The lowest BCUT2D eigenvalue weighted by atomic mass is 9.96. The lowest BCUT2D eigenvalue weighted by Gasteiger charge is -2.40. The first-order chi connectivity index (χ1) is 5.04. The first-order valence-corrected chi connectivity index (χ1v) is 3.78. The minimum Gasteiger partial charge on any atom is -0.389 e. The topological polar surface area (TPSA) is 63.9 Å². The summed E-state index contributed by atoms with van der Waals surface area (Å²) in [6.07, 6.45) is -2.67. The zero-order chi connectivity index (χ0) is 8.59. The third-order valence-corrected chi connectivity index (χ3v) is 2.41. The highest BCUT2D eigenvalue weighted by Crippen LogP contribution is 2.16. The van der Waals surface area contributed by atoms with E-state index in [2.05, 4.69) is 0 Å². The largest absolute Gasteiger partial charge is 0.389 e. The van der Waals surface area contributed by atoms with Crippen molar-refractivity contribution in [2.75, 3.05) is 13.6 Å². The minimum absolute atomic E-state index is 0.0894. The smallest absolute Gasteiger partial charge is 0.108 e. The molecule has 0 spiro atoms. The van der Waals surface area contributed by atoms with Gasteiger partial charge in [0.25, 0.3) is 0 Å². The van der Waals surface area contributed by atoms with Gasteiger partial charge < -0.3 is 15.3 Å². The molecular formula is C7H15NO3. The zero-order valence-corrected chi connectivity index (χ0v) is 6.81. The van der Waals surface area contributed by atoms with Crippen molar-refractivity contribution in [2.24, 2.45) is 0 Å². The van der Waals surface area contributed by atoms with Gasteiger partial charge in [-0.1, -0.05) is 0 Å². The van der Waals surface area contributed by atoms with E-state index in [0.717, 1.165) is 0 Å². The maximum Gasteiger partial charge on any atom is 0.108 e. The maximum atomic E-state index is 9.34. The Bertz CT molecular complexity index is 128. The highest BCUT2D eigenvalue weighted by atomic mass is 16.4. The molecule has 66 valence electrons. The van der Waals surface area contributed by atoms with E-state index in [1.165, 1.54) is 0 Å². The Morgan fingerprint density at radius 1 is 1.18 bits per heavy atom. The molecule has 0 bridgehead atoms.